The molecule has 1 amide bonds. The van der Waals surface area contributed by atoms with Gasteiger partial charge in [0.2, 0.25) is 0 Å². The van der Waals surface area contributed by atoms with E-state index in [1.807, 2.05) is 67.6 Å². The first-order chi connectivity index (χ1) is 13.7. The normalized spacial score (nSPS) is 10.8. The molecule has 28 heavy (non-hydrogen) atoms. The maximum Gasteiger partial charge on any atom is 0.259 e. The maximum atomic E-state index is 12.1. The lowest BCUT2D eigenvalue weighted by Crippen LogP contribution is -2.25. The topological polar surface area (TPSA) is 72.0 Å². The summed E-state index contributed by atoms with van der Waals surface area (Å²) in [5, 5.41) is 9.25. The van der Waals surface area contributed by atoms with Crippen molar-refractivity contribution in [1.82, 2.24) is 5.43 Å². The van der Waals surface area contributed by atoms with E-state index in [-0.39, 0.29) is 12.5 Å². The Kier molecular flexibility index (Phi) is 6.46. The molecule has 0 saturated heterocycles. The molecule has 0 aliphatic heterocycles. The molecule has 0 unspecified atom stereocenters. The summed E-state index contributed by atoms with van der Waals surface area (Å²) in [5.74, 6) is 1.25. The number of hydrogen-bond acceptors (Lipinski definition) is 5. The minimum atomic E-state index is -0.245. The van der Waals surface area contributed by atoms with Gasteiger partial charge in [0.15, 0.2) is 0 Å². The van der Waals surface area contributed by atoms with E-state index in [9.17, 15) is 4.79 Å². The summed E-state index contributed by atoms with van der Waals surface area (Å²) in [5.41, 5.74) is 4.21. The van der Waals surface area contributed by atoms with Crippen molar-refractivity contribution >= 4 is 28.6 Å². The smallest absolute Gasteiger partial charge is 0.259 e. The van der Waals surface area contributed by atoms with Gasteiger partial charge < -0.3 is 14.8 Å². The fourth-order valence-corrected chi connectivity index (χ4v) is 2.79. The van der Waals surface area contributed by atoms with Gasteiger partial charge in [-0.3, -0.25) is 4.79 Å². The molecule has 3 rings (SSSR count). The molecule has 0 aromatic heterocycles. The third-order valence-electron chi connectivity index (χ3n) is 4.16. The number of anilines is 1. The fraction of sp³-hybridized carbons (Fsp3) is 0.182. The van der Waals surface area contributed by atoms with Crippen LogP contribution in [0.3, 0.4) is 0 Å². The Morgan fingerprint density at radius 2 is 1.86 bits per heavy atom. The largest absolute Gasteiger partial charge is 0.497 e. The summed E-state index contributed by atoms with van der Waals surface area (Å²) >= 11 is 0. The highest BCUT2D eigenvalue weighted by molar-refractivity contribution is 6.02. The van der Waals surface area contributed by atoms with Gasteiger partial charge >= 0.3 is 0 Å². The molecule has 0 aliphatic rings. The third-order valence-corrected chi connectivity index (χ3v) is 4.16. The molecule has 0 radical (unpaired) electrons. The Bertz CT molecular complexity index is 968. The van der Waals surface area contributed by atoms with Crippen molar-refractivity contribution in [2.75, 3.05) is 25.6 Å². The average molecular weight is 377 g/mol. The van der Waals surface area contributed by atoms with Crippen LogP contribution in [0.15, 0.2) is 65.8 Å². The second-order valence-electron chi connectivity index (χ2n) is 6.01. The van der Waals surface area contributed by atoms with Crippen molar-refractivity contribution in [3.05, 3.63) is 66.2 Å². The molecule has 0 spiro atoms. The average Bonchev–Trinajstić information content (AvgIpc) is 2.74. The van der Waals surface area contributed by atoms with Gasteiger partial charge in [0.25, 0.3) is 5.91 Å². The third kappa shape index (κ3) is 4.79. The first-order valence-corrected chi connectivity index (χ1v) is 9.05. The zero-order chi connectivity index (χ0) is 19.8. The molecule has 3 aromatic rings. The van der Waals surface area contributed by atoms with Crippen molar-refractivity contribution in [1.29, 1.82) is 0 Å². The number of carbonyl (C=O) groups is 1. The molecule has 0 atom stereocenters. The lowest BCUT2D eigenvalue weighted by atomic mass is 10.0. The zero-order valence-corrected chi connectivity index (χ0v) is 15.9. The minimum absolute atomic E-state index is 0.109. The highest BCUT2D eigenvalue weighted by Crippen LogP contribution is 2.26. The number of hydrogen-bond donors (Lipinski definition) is 2. The van der Waals surface area contributed by atoms with E-state index in [0.29, 0.717) is 6.61 Å². The van der Waals surface area contributed by atoms with E-state index < -0.39 is 0 Å². The van der Waals surface area contributed by atoms with E-state index in [1.165, 1.54) is 0 Å². The monoisotopic (exact) mass is 377 g/mol. The number of fused-ring (bicyclic) bond motifs is 1. The van der Waals surface area contributed by atoms with Crippen molar-refractivity contribution < 1.29 is 14.3 Å². The lowest BCUT2D eigenvalue weighted by Gasteiger charge is -2.10. The van der Waals surface area contributed by atoms with Crippen LogP contribution < -0.4 is 20.2 Å². The van der Waals surface area contributed by atoms with Gasteiger partial charge in [-0.2, -0.15) is 5.10 Å². The molecular weight excluding hydrogens is 354 g/mol. The number of methoxy groups -OCH3 is 1. The first kappa shape index (κ1) is 19.2. The number of amides is 1. The van der Waals surface area contributed by atoms with Crippen LogP contribution in [0, 0.1) is 0 Å². The van der Waals surface area contributed by atoms with Crippen LogP contribution in [0.1, 0.15) is 12.5 Å². The van der Waals surface area contributed by atoms with Gasteiger partial charge in [-0.1, -0.05) is 30.3 Å². The molecule has 0 saturated carbocycles. The number of rotatable bonds is 8. The maximum absolute atomic E-state index is 12.1. The number of carbonyl (C=O) groups excluding carboxylic acids is 1. The molecule has 6 nitrogen and oxygen atoms in total. The van der Waals surface area contributed by atoms with Gasteiger partial charge in [-0.15, -0.1) is 0 Å². The Morgan fingerprint density at radius 3 is 2.61 bits per heavy atom. The first-order valence-electron chi connectivity index (χ1n) is 9.05. The molecule has 144 valence electrons. The number of nitrogens with one attached hydrogen (secondary N) is 2. The highest BCUT2D eigenvalue weighted by atomic mass is 16.5. The van der Waals surface area contributed by atoms with Gasteiger partial charge in [0, 0.05) is 11.3 Å². The number of nitrogens with zero attached hydrogens (tertiary/aromatic N) is 1. The van der Waals surface area contributed by atoms with Crippen molar-refractivity contribution in [2.45, 2.75) is 6.92 Å². The van der Waals surface area contributed by atoms with E-state index in [0.717, 1.165) is 33.5 Å². The molecule has 2 N–H and O–H groups in total. The lowest BCUT2D eigenvalue weighted by molar-refractivity contribution is -0.119. The van der Waals surface area contributed by atoms with Gasteiger partial charge in [-0.25, -0.2) is 5.43 Å². The standard InChI is InChI=1S/C22H23N3O3/c1-3-28-21-13-8-16-6-4-5-7-19(16)20(21)14-24-25-22(26)15-23-17-9-11-18(27-2)12-10-17/h4-14,23H,3,15H2,1-2H3,(H,25,26)/b24-14-. The second kappa shape index (κ2) is 9.41. The quantitative estimate of drug-likeness (QED) is 0.463. The number of benzene rings is 3. The molecule has 0 bridgehead atoms. The van der Waals surface area contributed by atoms with Gasteiger partial charge in [0.05, 0.1) is 26.5 Å². The highest BCUT2D eigenvalue weighted by Gasteiger charge is 2.07. The van der Waals surface area contributed by atoms with Crippen LogP contribution in [-0.2, 0) is 4.79 Å². The summed E-state index contributed by atoms with van der Waals surface area (Å²) in [4.78, 5) is 12.1. The minimum Gasteiger partial charge on any atom is -0.497 e. The van der Waals surface area contributed by atoms with Crippen molar-refractivity contribution in [2.24, 2.45) is 5.10 Å². The van der Waals surface area contributed by atoms with Crippen LogP contribution in [0.5, 0.6) is 11.5 Å². The van der Waals surface area contributed by atoms with Crippen molar-refractivity contribution in [3.8, 4) is 11.5 Å². The van der Waals surface area contributed by atoms with Crippen LogP contribution >= 0.6 is 0 Å². The van der Waals surface area contributed by atoms with E-state index in [1.54, 1.807) is 13.3 Å². The van der Waals surface area contributed by atoms with Crippen LogP contribution in [-0.4, -0.2) is 32.4 Å². The van der Waals surface area contributed by atoms with E-state index in [4.69, 9.17) is 9.47 Å². The zero-order valence-electron chi connectivity index (χ0n) is 15.9. The number of ether oxygens (including phenoxy) is 2. The molecule has 0 aliphatic carbocycles. The Labute approximate surface area is 164 Å². The summed E-state index contributed by atoms with van der Waals surface area (Å²) in [6, 6.07) is 19.3. The Morgan fingerprint density at radius 1 is 1.07 bits per heavy atom. The predicted octanol–water partition coefficient (Wildman–Crippen LogP) is 3.81. The summed E-state index contributed by atoms with van der Waals surface area (Å²) in [6.45, 7) is 2.59. The number of hydrazone groups is 1. The van der Waals surface area contributed by atoms with Gasteiger partial charge in [-0.05, 0) is 48.0 Å². The molecule has 3 aromatic carbocycles. The summed E-state index contributed by atoms with van der Waals surface area (Å²) < 4.78 is 10.8. The Balaban J connectivity index is 1.64. The summed E-state index contributed by atoms with van der Waals surface area (Å²) in [7, 11) is 1.61. The van der Waals surface area contributed by atoms with Gasteiger partial charge in [0.1, 0.15) is 11.5 Å². The van der Waals surface area contributed by atoms with Crippen LogP contribution in [0.4, 0.5) is 5.69 Å². The molecule has 0 fully saturated rings. The predicted molar refractivity (Wildman–Crippen MR) is 112 cm³/mol. The summed E-state index contributed by atoms with van der Waals surface area (Å²) in [6.07, 6.45) is 1.62. The second-order valence-corrected chi connectivity index (χ2v) is 6.01. The fourth-order valence-electron chi connectivity index (χ4n) is 2.79. The van der Waals surface area contributed by atoms with E-state index >= 15 is 0 Å². The van der Waals surface area contributed by atoms with E-state index in [2.05, 4.69) is 15.8 Å². The molecular formula is C22H23N3O3. The SMILES string of the molecule is CCOc1ccc2ccccc2c1/C=N\NC(=O)CNc1ccc(OC)cc1. The Hall–Kier alpha value is -3.54. The molecule has 0 heterocycles. The van der Waals surface area contributed by atoms with Crippen molar-refractivity contribution in [3.63, 3.8) is 0 Å². The van der Waals surface area contributed by atoms with Crippen LogP contribution in [0.2, 0.25) is 0 Å². The van der Waals surface area contributed by atoms with Crippen LogP contribution in [0.25, 0.3) is 10.8 Å². The molecule has 6 heteroatoms.